The highest BCUT2D eigenvalue weighted by molar-refractivity contribution is 6.07. The van der Waals surface area contributed by atoms with Gasteiger partial charge in [0.2, 0.25) is 0 Å². The zero-order valence-corrected chi connectivity index (χ0v) is 15.3. The van der Waals surface area contributed by atoms with E-state index in [2.05, 4.69) is 45.0 Å². The summed E-state index contributed by atoms with van der Waals surface area (Å²) in [5.41, 5.74) is 0.972. The van der Waals surface area contributed by atoms with E-state index in [4.69, 9.17) is 4.52 Å². The fourth-order valence-electron chi connectivity index (χ4n) is 4.19. The second kappa shape index (κ2) is 6.45. The number of nitrogens with one attached hydrogen (secondary N) is 2. The van der Waals surface area contributed by atoms with E-state index in [1.54, 1.807) is 0 Å². The maximum absolute atomic E-state index is 12.2. The Balaban J connectivity index is 1.33. The second-order valence-electron chi connectivity index (χ2n) is 7.55. The number of fused-ring (bicyclic) bond motifs is 1. The maximum atomic E-state index is 12.2. The first-order valence-corrected chi connectivity index (χ1v) is 9.42. The van der Waals surface area contributed by atoms with Gasteiger partial charge in [0.1, 0.15) is 5.54 Å². The third kappa shape index (κ3) is 2.93. The number of aromatic nitrogens is 1. The summed E-state index contributed by atoms with van der Waals surface area (Å²) in [5.74, 6) is 0.485. The van der Waals surface area contributed by atoms with Crippen molar-refractivity contribution in [3.63, 3.8) is 0 Å². The Morgan fingerprint density at radius 1 is 1.11 bits per heavy atom. The van der Waals surface area contributed by atoms with Crippen LogP contribution in [0.25, 0.3) is 22.1 Å². The fraction of sp³-hybridized carbons (Fsp3) is 0.286. The summed E-state index contributed by atoms with van der Waals surface area (Å²) in [6.07, 6.45) is 1.49. The Bertz CT molecular complexity index is 1080. The minimum atomic E-state index is -0.819. The van der Waals surface area contributed by atoms with Gasteiger partial charge < -0.3 is 9.84 Å². The van der Waals surface area contributed by atoms with Crippen molar-refractivity contribution >= 4 is 22.7 Å². The predicted molar refractivity (Wildman–Crippen MR) is 103 cm³/mol. The van der Waals surface area contributed by atoms with E-state index < -0.39 is 11.6 Å². The minimum absolute atomic E-state index is 0.237. The van der Waals surface area contributed by atoms with Crippen molar-refractivity contribution in [2.45, 2.75) is 24.9 Å². The van der Waals surface area contributed by atoms with Gasteiger partial charge in [-0.05, 0) is 36.2 Å². The first-order chi connectivity index (χ1) is 13.6. The van der Waals surface area contributed by atoms with Gasteiger partial charge >= 0.3 is 6.03 Å². The molecule has 28 heavy (non-hydrogen) atoms. The Kier molecular flexibility index (Phi) is 3.91. The van der Waals surface area contributed by atoms with Gasteiger partial charge in [-0.1, -0.05) is 41.6 Å². The van der Waals surface area contributed by atoms with Gasteiger partial charge in [0.05, 0.1) is 5.69 Å². The van der Waals surface area contributed by atoms with Gasteiger partial charge in [0.15, 0.2) is 5.76 Å². The van der Waals surface area contributed by atoms with Crippen LogP contribution in [0.2, 0.25) is 0 Å². The Hall–Kier alpha value is -3.19. The van der Waals surface area contributed by atoms with Crippen LogP contribution < -0.4 is 10.6 Å². The number of nitrogens with zero attached hydrogens (tertiary/aromatic N) is 2. The molecule has 1 spiro atoms. The largest absolute Gasteiger partial charge is 0.356 e. The van der Waals surface area contributed by atoms with E-state index >= 15 is 0 Å². The lowest BCUT2D eigenvalue weighted by Crippen LogP contribution is -2.58. The Labute approximate surface area is 161 Å². The zero-order valence-electron chi connectivity index (χ0n) is 15.3. The van der Waals surface area contributed by atoms with E-state index in [9.17, 15) is 9.59 Å². The molecule has 0 saturated carbocycles. The third-order valence-electron chi connectivity index (χ3n) is 5.56. The number of hydrogen-bond acceptors (Lipinski definition) is 5. The first-order valence-electron chi connectivity index (χ1n) is 9.42. The molecule has 7 heteroatoms. The van der Waals surface area contributed by atoms with Crippen LogP contribution in [0.3, 0.4) is 0 Å². The highest BCUT2D eigenvalue weighted by Gasteiger charge is 2.48. The molecule has 5 rings (SSSR count). The number of likely N-dealkylation sites (tertiary alicyclic amines) is 1. The molecule has 0 radical (unpaired) electrons. The van der Waals surface area contributed by atoms with Crippen LogP contribution in [-0.2, 0) is 11.3 Å². The second-order valence-corrected chi connectivity index (χ2v) is 7.55. The summed E-state index contributed by atoms with van der Waals surface area (Å²) in [6.45, 7) is 1.90. The molecule has 3 amide bonds. The molecule has 3 aromatic rings. The number of piperidine rings is 1. The van der Waals surface area contributed by atoms with Crippen LogP contribution >= 0.6 is 0 Å². The Morgan fingerprint density at radius 2 is 1.96 bits per heavy atom. The van der Waals surface area contributed by atoms with Crippen LogP contribution in [0.15, 0.2) is 53.1 Å². The lowest BCUT2D eigenvalue weighted by molar-refractivity contribution is -0.126. The molecular weight excluding hydrogens is 356 g/mol. The molecule has 3 heterocycles. The van der Waals surface area contributed by atoms with Crippen LogP contribution in [0, 0.1) is 0 Å². The van der Waals surface area contributed by atoms with Gasteiger partial charge in [-0.25, -0.2) is 4.79 Å². The van der Waals surface area contributed by atoms with Crippen molar-refractivity contribution in [2.75, 3.05) is 13.1 Å². The summed E-state index contributed by atoms with van der Waals surface area (Å²) in [7, 11) is 0. The predicted octanol–water partition coefficient (Wildman–Crippen LogP) is 2.67. The average molecular weight is 376 g/mol. The summed E-state index contributed by atoms with van der Waals surface area (Å²) >= 11 is 0. The molecule has 2 aliphatic rings. The van der Waals surface area contributed by atoms with Crippen molar-refractivity contribution in [1.82, 2.24) is 20.7 Å². The molecule has 1 aromatic heterocycles. The van der Waals surface area contributed by atoms with Crippen molar-refractivity contribution in [3.8, 4) is 11.3 Å². The molecule has 7 nitrogen and oxygen atoms in total. The lowest BCUT2D eigenvalue weighted by Gasteiger charge is -2.37. The third-order valence-corrected chi connectivity index (χ3v) is 5.56. The number of carbonyl (C=O) groups is 2. The smallest absolute Gasteiger partial charge is 0.322 e. The highest BCUT2D eigenvalue weighted by Crippen LogP contribution is 2.28. The van der Waals surface area contributed by atoms with E-state index in [0.717, 1.165) is 35.4 Å². The van der Waals surface area contributed by atoms with Gasteiger partial charge in [0, 0.05) is 24.7 Å². The molecule has 2 saturated heterocycles. The molecule has 1 atom stereocenters. The number of imide groups is 1. The van der Waals surface area contributed by atoms with Crippen LogP contribution in [0.5, 0.6) is 0 Å². The normalized spacial score (nSPS) is 22.6. The van der Waals surface area contributed by atoms with E-state index in [1.165, 1.54) is 5.39 Å². The standard InChI is InChI=1S/C21H20N4O3/c26-19-21(23-20(27)22-19)8-3-9-25(13-21)12-17-11-18(28-24-17)16-7-6-14-4-1-2-5-15(14)10-16/h1-2,4-7,10-11H,3,8-9,12-13H2,(H2,22,23,26,27). The number of rotatable bonds is 3. The molecule has 2 fully saturated rings. The zero-order chi connectivity index (χ0) is 19.1. The van der Waals surface area contributed by atoms with E-state index in [0.29, 0.717) is 19.5 Å². The number of urea groups is 1. The molecular formula is C21H20N4O3. The van der Waals surface area contributed by atoms with Crippen molar-refractivity contribution < 1.29 is 14.1 Å². The molecule has 2 aromatic carbocycles. The Morgan fingerprint density at radius 3 is 2.79 bits per heavy atom. The number of benzene rings is 2. The monoisotopic (exact) mass is 376 g/mol. The van der Waals surface area contributed by atoms with Crippen LogP contribution in [-0.4, -0.2) is 40.6 Å². The van der Waals surface area contributed by atoms with E-state index in [-0.39, 0.29) is 5.91 Å². The number of carbonyl (C=O) groups excluding carboxylic acids is 2. The quantitative estimate of drug-likeness (QED) is 0.686. The van der Waals surface area contributed by atoms with Crippen molar-refractivity contribution in [2.24, 2.45) is 0 Å². The van der Waals surface area contributed by atoms with E-state index in [1.807, 2.05) is 24.3 Å². The first kappa shape index (κ1) is 16.9. The van der Waals surface area contributed by atoms with Crippen molar-refractivity contribution in [1.29, 1.82) is 0 Å². The van der Waals surface area contributed by atoms with Gasteiger partial charge in [-0.3, -0.25) is 15.0 Å². The minimum Gasteiger partial charge on any atom is -0.356 e. The lowest BCUT2D eigenvalue weighted by atomic mass is 9.89. The molecule has 0 bridgehead atoms. The molecule has 0 aliphatic carbocycles. The molecule has 1 unspecified atom stereocenters. The topological polar surface area (TPSA) is 87.5 Å². The summed E-state index contributed by atoms with van der Waals surface area (Å²) in [4.78, 5) is 25.9. The van der Waals surface area contributed by atoms with Crippen LogP contribution in [0.1, 0.15) is 18.5 Å². The summed E-state index contributed by atoms with van der Waals surface area (Å²) < 4.78 is 5.57. The highest BCUT2D eigenvalue weighted by atomic mass is 16.5. The average Bonchev–Trinajstić information content (AvgIpc) is 3.26. The van der Waals surface area contributed by atoms with Gasteiger partial charge in [0.25, 0.3) is 5.91 Å². The van der Waals surface area contributed by atoms with Crippen LogP contribution in [0.4, 0.5) is 4.79 Å². The number of amides is 3. The molecule has 2 aliphatic heterocycles. The van der Waals surface area contributed by atoms with Gasteiger partial charge in [-0.2, -0.15) is 0 Å². The van der Waals surface area contributed by atoms with Crippen molar-refractivity contribution in [3.05, 3.63) is 54.2 Å². The number of hydrogen-bond donors (Lipinski definition) is 2. The summed E-state index contributed by atoms with van der Waals surface area (Å²) in [5, 5.41) is 11.7. The van der Waals surface area contributed by atoms with Gasteiger partial charge in [-0.15, -0.1) is 0 Å². The SMILES string of the molecule is O=C1NC(=O)C2(CCCN(Cc3cc(-c4ccc5ccccc5c4)on3)C2)N1. The fourth-order valence-corrected chi connectivity index (χ4v) is 4.19. The summed E-state index contributed by atoms with van der Waals surface area (Å²) in [6, 6.07) is 15.9. The molecule has 142 valence electrons. The molecule has 2 N–H and O–H groups in total. The maximum Gasteiger partial charge on any atom is 0.322 e.